The summed E-state index contributed by atoms with van der Waals surface area (Å²) in [4.78, 5) is 32.9. The Bertz CT molecular complexity index is 814. The summed E-state index contributed by atoms with van der Waals surface area (Å²) in [6.07, 6.45) is 4.48. The third-order valence-electron chi connectivity index (χ3n) is 4.64. The monoisotopic (exact) mass is 355 g/mol. The first-order chi connectivity index (χ1) is 12.5. The number of nitrogens with one attached hydrogen (secondary N) is 1. The van der Waals surface area contributed by atoms with Crippen molar-refractivity contribution in [3.8, 4) is 0 Å². The number of hydrogen-bond acceptors (Lipinski definition) is 3. The SMILES string of the molecule is CCCN(Cc1nccn1C)C(=O)c1ccc(C)c(N2CCNC2=O)c1. The molecule has 0 unspecified atom stereocenters. The predicted octanol–water partition coefficient (Wildman–Crippen LogP) is 2.31. The van der Waals surface area contributed by atoms with Crippen molar-refractivity contribution < 1.29 is 9.59 Å². The molecule has 138 valence electrons. The Morgan fingerprint density at radius 3 is 2.81 bits per heavy atom. The first-order valence-corrected chi connectivity index (χ1v) is 8.92. The molecule has 1 aromatic heterocycles. The Kier molecular flexibility index (Phi) is 5.25. The van der Waals surface area contributed by atoms with E-state index in [9.17, 15) is 9.59 Å². The van der Waals surface area contributed by atoms with E-state index in [1.165, 1.54) is 0 Å². The minimum atomic E-state index is -0.115. The third-order valence-corrected chi connectivity index (χ3v) is 4.64. The molecule has 0 radical (unpaired) electrons. The van der Waals surface area contributed by atoms with Crippen molar-refractivity contribution >= 4 is 17.6 Å². The summed E-state index contributed by atoms with van der Waals surface area (Å²) in [5.41, 5.74) is 2.36. The van der Waals surface area contributed by atoms with Crippen molar-refractivity contribution in [2.45, 2.75) is 26.8 Å². The normalized spacial score (nSPS) is 13.8. The van der Waals surface area contributed by atoms with E-state index in [2.05, 4.69) is 10.3 Å². The molecule has 1 fully saturated rings. The van der Waals surface area contributed by atoms with Gasteiger partial charge in [-0.25, -0.2) is 9.78 Å². The molecule has 7 heteroatoms. The van der Waals surface area contributed by atoms with E-state index < -0.39 is 0 Å². The Labute approximate surface area is 153 Å². The van der Waals surface area contributed by atoms with Crippen LogP contribution in [0.5, 0.6) is 0 Å². The first kappa shape index (κ1) is 18.0. The lowest BCUT2D eigenvalue weighted by Gasteiger charge is -2.23. The number of benzene rings is 1. The number of aromatic nitrogens is 2. The van der Waals surface area contributed by atoms with Crippen LogP contribution in [0.25, 0.3) is 0 Å². The van der Waals surface area contributed by atoms with E-state index in [4.69, 9.17) is 0 Å². The minimum Gasteiger partial charge on any atom is -0.337 e. The van der Waals surface area contributed by atoms with Crippen LogP contribution < -0.4 is 10.2 Å². The molecule has 3 amide bonds. The van der Waals surface area contributed by atoms with Gasteiger partial charge in [-0.15, -0.1) is 0 Å². The standard InChI is InChI=1S/C19H25N5O2/c1-4-9-23(13-17-20-7-10-22(17)3)18(25)15-6-5-14(2)16(12-15)24-11-8-21-19(24)26/h5-7,10,12H,4,8-9,11,13H2,1-3H3,(H,21,26). The van der Waals surface area contributed by atoms with Crippen molar-refractivity contribution in [1.29, 1.82) is 0 Å². The van der Waals surface area contributed by atoms with Crippen LogP contribution in [0.3, 0.4) is 0 Å². The quantitative estimate of drug-likeness (QED) is 0.864. The van der Waals surface area contributed by atoms with Gasteiger partial charge in [-0.1, -0.05) is 13.0 Å². The van der Waals surface area contributed by atoms with Crippen LogP contribution in [-0.2, 0) is 13.6 Å². The zero-order valence-electron chi connectivity index (χ0n) is 15.5. The van der Waals surface area contributed by atoms with Crippen molar-refractivity contribution in [1.82, 2.24) is 19.8 Å². The molecule has 7 nitrogen and oxygen atoms in total. The number of amides is 3. The van der Waals surface area contributed by atoms with Gasteiger partial charge in [0.2, 0.25) is 0 Å². The van der Waals surface area contributed by atoms with Gasteiger partial charge in [0.15, 0.2) is 0 Å². The fraction of sp³-hybridized carbons (Fsp3) is 0.421. The second-order valence-electron chi connectivity index (χ2n) is 6.57. The molecule has 3 rings (SSSR count). The predicted molar refractivity (Wildman–Crippen MR) is 100 cm³/mol. The number of nitrogens with zero attached hydrogens (tertiary/aromatic N) is 4. The van der Waals surface area contributed by atoms with E-state index in [0.29, 0.717) is 31.7 Å². The molecule has 0 spiro atoms. The molecule has 1 aliphatic heterocycles. The molecule has 26 heavy (non-hydrogen) atoms. The van der Waals surface area contributed by atoms with Crippen molar-refractivity contribution in [3.05, 3.63) is 47.5 Å². The highest BCUT2D eigenvalue weighted by atomic mass is 16.2. The molecular formula is C19H25N5O2. The molecule has 0 bridgehead atoms. The minimum absolute atomic E-state index is 0.0456. The molecule has 2 aromatic rings. The average molecular weight is 355 g/mol. The second kappa shape index (κ2) is 7.59. The van der Waals surface area contributed by atoms with Gasteiger partial charge in [0.25, 0.3) is 5.91 Å². The van der Waals surface area contributed by atoms with E-state index in [0.717, 1.165) is 23.5 Å². The summed E-state index contributed by atoms with van der Waals surface area (Å²) in [5.74, 6) is 0.800. The summed E-state index contributed by atoms with van der Waals surface area (Å²) < 4.78 is 1.92. The maximum atomic E-state index is 13.1. The van der Waals surface area contributed by atoms with E-state index in [1.807, 2.05) is 49.9 Å². The van der Waals surface area contributed by atoms with Gasteiger partial charge in [0.05, 0.1) is 6.54 Å². The zero-order valence-corrected chi connectivity index (χ0v) is 15.5. The van der Waals surface area contributed by atoms with E-state index in [-0.39, 0.29) is 11.9 Å². The summed E-state index contributed by atoms with van der Waals surface area (Å²) in [6.45, 7) is 6.35. The number of carbonyl (C=O) groups excluding carboxylic acids is 2. The summed E-state index contributed by atoms with van der Waals surface area (Å²) in [7, 11) is 1.92. The summed E-state index contributed by atoms with van der Waals surface area (Å²) >= 11 is 0. The van der Waals surface area contributed by atoms with Gasteiger partial charge < -0.3 is 14.8 Å². The van der Waals surface area contributed by atoms with Gasteiger partial charge >= 0.3 is 6.03 Å². The number of hydrogen-bond donors (Lipinski definition) is 1. The van der Waals surface area contributed by atoms with Gasteiger partial charge in [0, 0.05) is 50.3 Å². The molecule has 0 saturated carbocycles. The average Bonchev–Trinajstić information content (AvgIpc) is 3.23. The van der Waals surface area contributed by atoms with Gasteiger partial charge in [0.1, 0.15) is 5.82 Å². The van der Waals surface area contributed by atoms with Crippen LogP contribution in [0.15, 0.2) is 30.6 Å². The van der Waals surface area contributed by atoms with Crippen LogP contribution in [0.1, 0.15) is 35.1 Å². The molecule has 0 atom stereocenters. The summed E-state index contributed by atoms with van der Waals surface area (Å²) in [6, 6.07) is 5.44. The van der Waals surface area contributed by atoms with Crippen LogP contribution >= 0.6 is 0 Å². The Hall–Kier alpha value is -2.83. The fourth-order valence-electron chi connectivity index (χ4n) is 3.16. The maximum Gasteiger partial charge on any atom is 0.322 e. The van der Waals surface area contributed by atoms with Crippen molar-refractivity contribution in [2.75, 3.05) is 24.5 Å². The van der Waals surface area contributed by atoms with Crippen LogP contribution in [0.2, 0.25) is 0 Å². The molecule has 1 saturated heterocycles. The topological polar surface area (TPSA) is 70.5 Å². The Balaban J connectivity index is 1.87. The number of imidazole rings is 1. The second-order valence-corrected chi connectivity index (χ2v) is 6.57. The molecule has 2 heterocycles. The van der Waals surface area contributed by atoms with Gasteiger partial charge in [-0.05, 0) is 31.0 Å². The molecular weight excluding hydrogens is 330 g/mol. The van der Waals surface area contributed by atoms with E-state index >= 15 is 0 Å². The highest BCUT2D eigenvalue weighted by Crippen LogP contribution is 2.24. The Morgan fingerprint density at radius 2 is 2.19 bits per heavy atom. The molecule has 1 aromatic carbocycles. The number of anilines is 1. The molecule has 1 N–H and O–H groups in total. The van der Waals surface area contributed by atoms with Gasteiger partial charge in [-0.2, -0.15) is 0 Å². The molecule has 0 aliphatic carbocycles. The fourth-order valence-corrected chi connectivity index (χ4v) is 3.16. The third kappa shape index (κ3) is 3.56. The van der Waals surface area contributed by atoms with Crippen molar-refractivity contribution in [3.63, 3.8) is 0 Å². The van der Waals surface area contributed by atoms with Crippen molar-refractivity contribution in [2.24, 2.45) is 7.05 Å². The molecule has 1 aliphatic rings. The van der Waals surface area contributed by atoms with Crippen LogP contribution in [0, 0.1) is 6.92 Å². The highest BCUT2D eigenvalue weighted by molar-refractivity contribution is 5.99. The first-order valence-electron chi connectivity index (χ1n) is 8.92. The zero-order chi connectivity index (χ0) is 18.7. The number of urea groups is 1. The van der Waals surface area contributed by atoms with Crippen LogP contribution in [-0.4, -0.2) is 46.0 Å². The number of carbonyl (C=O) groups is 2. The Morgan fingerprint density at radius 1 is 1.38 bits per heavy atom. The van der Waals surface area contributed by atoms with Gasteiger partial charge in [-0.3, -0.25) is 9.69 Å². The highest BCUT2D eigenvalue weighted by Gasteiger charge is 2.24. The lowest BCUT2D eigenvalue weighted by atomic mass is 10.1. The number of rotatable bonds is 6. The maximum absolute atomic E-state index is 13.1. The lowest BCUT2D eigenvalue weighted by molar-refractivity contribution is 0.0737. The van der Waals surface area contributed by atoms with Crippen LogP contribution in [0.4, 0.5) is 10.5 Å². The number of aryl methyl sites for hydroxylation is 2. The lowest BCUT2D eigenvalue weighted by Crippen LogP contribution is -2.33. The smallest absolute Gasteiger partial charge is 0.322 e. The largest absolute Gasteiger partial charge is 0.337 e. The summed E-state index contributed by atoms with van der Waals surface area (Å²) in [5, 5.41) is 2.80. The van der Waals surface area contributed by atoms with E-state index in [1.54, 1.807) is 16.0 Å².